The van der Waals surface area contributed by atoms with Gasteiger partial charge in [0.15, 0.2) is 0 Å². The van der Waals surface area contributed by atoms with Crippen molar-refractivity contribution in [2.45, 2.75) is 57.3 Å². The Bertz CT molecular complexity index is 375. The van der Waals surface area contributed by atoms with Crippen LogP contribution in [0, 0.1) is 17.8 Å². The number of hydrogen-bond acceptors (Lipinski definition) is 3. The van der Waals surface area contributed by atoms with Crippen molar-refractivity contribution in [2.24, 2.45) is 23.5 Å². The molecule has 0 aromatic rings. The van der Waals surface area contributed by atoms with Crippen LogP contribution in [0.5, 0.6) is 0 Å². The van der Waals surface area contributed by atoms with Gasteiger partial charge in [0.1, 0.15) is 6.61 Å². The fourth-order valence-electron chi connectivity index (χ4n) is 3.76. The maximum Gasteiger partial charge on any atom is 0.411 e. The summed E-state index contributed by atoms with van der Waals surface area (Å²) in [5.41, 5.74) is 6.20. The molecule has 2 aliphatic rings. The molecule has 2 aliphatic carbocycles. The molecule has 0 radical (unpaired) electrons. The number of fused-ring (bicyclic) bond motifs is 2. The molecule has 22 heavy (non-hydrogen) atoms. The third-order valence-electron chi connectivity index (χ3n) is 4.81. The van der Waals surface area contributed by atoms with Crippen molar-refractivity contribution in [3.63, 3.8) is 0 Å². The average molecular weight is 322 g/mol. The Morgan fingerprint density at radius 3 is 2.45 bits per heavy atom. The minimum atomic E-state index is -4.33. The van der Waals surface area contributed by atoms with E-state index in [9.17, 15) is 18.0 Å². The van der Waals surface area contributed by atoms with E-state index in [0.29, 0.717) is 11.8 Å². The van der Waals surface area contributed by atoms with Gasteiger partial charge in [-0.3, -0.25) is 4.79 Å². The maximum absolute atomic E-state index is 12.3. The van der Waals surface area contributed by atoms with Crippen molar-refractivity contribution >= 4 is 5.91 Å². The Morgan fingerprint density at radius 1 is 1.32 bits per heavy atom. The summed E-state index contributed by atoms with van der Waals surface area (Å²) in [6, 6.07) is -0.226. The van der Waals surface area contributed by atoms with Crippen LogP contribution >= 0.6 is 0 Å². The van der Waals surface area contributed by atoms with Gasteiger partial charge in [-0.1, -0.05) is 6.42 Å². The van der Waals surface area contributed by atoms with E-state index in [4.69, 9.17) is 5.73 Å². The van der Waals surface area contributed by atoms with Crippen molar-refractivity contribution in [1.29, 1.82) is 0 Å². The maximum atomic E-state index is 12.3. The quantitative estimate of drug-likeness (QED) is 0.816. The van der Waals surface area contributed by atoms with E-state index in [1.54, 1.807) is 6.92 Å². The van der Waals surface area contributed by atoms with Crippen molar-refractivity contribution < 1.29 is 22.7 Å². The van der Waals surface area contributed by atoms with Crippen LogP contribution < -0.4 is 11.1 Å². The van der Waals surface area contributed by atoms with Crippen molar-refractivity contribution in [3.8, 4) is 0 Å². The number of nitrogens with one attached hydrogen (secondary N) is 1. The number of alkyl halides is 3. The molecule has 0 aromatic heterocycles. The largest absolute Gasteiger partial charge is 0.411 e. The normalized spacial score (nSPS) is 33.3. The predicted octanol–water partition coefficient (Wildman–Crippen LogP) is 2.22. The highest BCUT2D eigenvalue weighted by Crippen LogP contribution is 2.41. The summed E-state index contributed by atoms with van der Waals surface area (Å²) in [6.07, 6.45) is 0.580. The van der Waals surface area contributed by atoms with Gasteiger partial charge in [-0.15, -0.1) is 0 Å². The number of ether oxygens (including phenoxy) is 1. The Morgan fingerprint density at radius 2 is 1.91 bits per heavy atom. The third-order valence-corrected chi connectivity index (χ3v) is 4.81. The molecule has 128 valence electrons. The van der Waals surface area contributed by atoms with Crippen LogP contribution in [0.25, 0.3) is 0 Å². The number of halogens is 3. The Labute approximate surface area is 128 Å². The number of nitrogens with two attached hydrogens (primary N) is 1. The standard InChI is InChI=1S/C15H25F3N2O2/c1-9(7-22-8-15(16,17)18)20-14(21)12-5-10-3-2-4-11(6-12)13(10)19/h9-13H,2-8,19H2,1H3,(H,20,21). The van der Waals surface area contributed by atoms with E-state index >= 15 is 0 Å². The smallest absolute Gasteiger partial charge is 0.370 e. The molecule has 1 amide bonds. The summed E-state index contributed by atoms with van der Waals surface area (Å²) < 4.78 is 40.6. The molecule has 0 spiro atoms. The van der Waals surface area contributed by atoms with Crippen LogP contribution in [0.15, 0.2) is 0 Å². The molecule has 2 rings (SSSR count). The Balaban J connectivity index is 1.75. The number of carbonyl (C=O) groups excluding carboxylic acids is 1. The van der Waals surface area contributed by atoms with E-state index in [2.05, 4.69) is 10.1 Å². The van der Waals surface area contributed by atoms with E-state index in [0.717, 1.165) is 25.7 Å². The zero-order chi connectivity index (χ0) is 16.3. The zero-order valence-corrected chi connectivity index (χ0v) is 12.9. The lowest BCUT2D eigenvalue weighted by molar-refractivity contribution is -0.175. The fraction of sp³-hybridized carbons (Fsp3) is 0.933. The molecular weight excluding hydrogens is 297 g/mol. The molecule has 0 saturated heterocycles. The van der Waals surface area contributed by atoms with Gasteiger partial charge in [-0.25, -0.2) is 0 Å². The van der Waals surface area contributed by atoms with Gasteiger partial charge in [0, 0.05) is 18.0 Å². The van der Waals surface area contributed by atoms with Crippen molar-refractivity contribution in [2.75, 3.05) is 13.2 Å². The van der Waals surface area contributed by atoms with E-state index in [1.165, 1.54) is 6.42 Å². The molecule has 3 atom stereocenters. The number of rotatable bonds is 5. The molecular formula is C15H25F3N2O2. The topological polar surface area (TPSA) is 64.3 Å². The van der Waals surface area contributed by atoms with Crippen LogP contribution in [-0.4, -0.2) is 37.4 Å². The van der Waals surface area contributed by atoms with Crippen LogP contribution in [-0.2, 0) is 9.53 Å². The Hall–Kier alpha value is -0.820. The first-order chi connectivity index (χ1) is 10.3. The minimum Gasteiger partial charge on any atom is -0.370 e. The van der Waals surface area contributed by atoms with Crippen LogP contribution in [0.1, 0.15) is 39.0 Å². The molecule has 7 heteroatoms. The SMILES string of the molecule is CC(COCC(F)(F)F)NC(=O)C1CC2CCCC(C1)C2N. The summed E-state index contributed by atoms with van der Waals surface area (Å²) in [7, 11) is 0. The van der Waals surface area contributed by atoms with Crippen LogP contribution in [0.3, 0.4) is 0 Å². The highest BCUT2D eigenvalue weighted by molar-refractivity contribution is 5.79. The highest BCUT2D eigenvalue weighted by atomic mass is 19.4. The lowest BCUT2D eigenvalue weighted by Gasteiger charge is -2.43. The van der Waals surface area contributed by atoms with Gasteiger partial charge in [-0.2, -0.15) is 13.2 Å². The molecule has 0 aliphatic heterocycles. The van der Waals surface area contributed by atoms with Gasteiger partial charge >= 0.3 is 6.18 Å². The second kappa shape index (κ2) is 7.17. The minimum absolute atomic E-state index is 0.0693. The van der Waals surface area contributed by atoms with Crippen LogP contribution in [0.2, 0.25) is 0 Å². The van der Waals surface area contributed by atoms with Crippen molar-refractivity contribution in [3.05, 3.63) is 0 Å². The first-order valence-electron chi connectivity index (χ1n) is 7.96. The number of carbonyl (C=O) groups is 1. The average Bonchev–Trinajstić information content (AvgIpc) is 2.36. The molecule has 3 N–H and O–H groups in total. The molecule has 0 heterocycles. The molecule has 0 aromatic carbocycles. The lowest BCUT2D eigenvalue weighted by Crippen LogP contribution is -2.50. The summed E-state index contributed by atoms with van der Waals surface area (Å²) in [5.74, 6) is 0.659. The van der Waals surface area contributed by atoms with Gasteiger partial charge < -0.3 is 15.8 Å². The lowest BCUT2D eigenvalue weighted by atomic mass is 9.65. The van der Waals surface area contributed by atoms with Gasteiger partial charge in [-0.05, 0) is 44.4 Å². The molecule has 2 saturated carbocycles. The fourth-order valence-corrected chi connectivity index (χ4v) is 3.76. The van der Waals surface area contributed by atoms with Gasteiger partial charge in [0.25, 0.3) is 0 Å². The third kappa shape index (κ3) is 4.84. The number of amides is 1. The second-order valence-corrected chi connectivity index (χ2v) is 6.74. The van der Waals surface area contributed by atoms with Crippen LogP contribution in [0.4, 0.5) is 13.2 Å². The first-order valence-corrected chi connectivity index (χ1v) is 7.96. The summed E-state index contributed by atoms with van der Waals surface area (Å²) in [5, 5.41) is 2.77. The first kappa shape index (κ1) is 17.5. The van der Waals surface area contributed by atoms with Crippen molar-refractivity contribution in [1.82, 2.24) is 5.32 Å². The van der Waals surface area contributed by atoms with E-state index < -0.39 is 18.8 Å². The number of hydrogen-bond donors (Lipinski definition) is 2. The monoisotopic (exact) mass is 322 g/mol. The highest BCUT2D eigenvalue weighted by Gasteiger charge is 2.40. The van der Waals surface area contributed by atoms with Gasteiger partial charge in [0.2, 0.25) is 5.91 Å². The van der Waals surface area contributed by atoms with E-state index in [-0.39, 0.29) is 24.5 Å². The molecule has 2 bridgehead atoms. The second-order valence-electron chi connectivity index (χ2n) is 6.74. The van der Waals surface area contributed by atoms with E-state index in [1.807, 2.05) is 0 Å². The molecule has 3 unspecified atom stereocenters. The molecule has 4 nitrogen and oxygen atoms in total. The van der Waals surface area contributed by atoms with Gasteiger partial charge in [0.05, 0.1) is 6.61 Å². The summed E-state index contributed by atoms with van der Waals surface area (Å²) >= 11 is 0. The zero-order valence-electron chi connectivity index (χ0n) is 12.9. The predicted molar refractivity (Wildman–Crippen MR) is 76.0 cm³/mol. The summed E-state index contributed by atoms with van der Waals surface area (Å²) in [4.78, 5) is 12.3. The Kier molecular flexibility index (Phi) is 5.71. The summed E-state index contributed by atoms with van der Waals surface area (Å²) in [6.45, 7) is 0.240. The molecule has 2 fully saturated rings.